The van der Waals surface area contributed by atoms with Crippen LogP contribution < -0.4 is 10.9 Å². The topological polar surface area (TPSA) is 90.0 Å². The molecule has 2 aromatic heterocycles. The third-order valence-corrected chi connectivity index (χ3v) is 4.95. The fourth-order valence-electron chi connectivity index (χ4n) is 3.16. The highest BCUT2D eigenvalue weighted by Gasteiger charge is 2.16. The molecular formula is C24H22N4O3. The first-order valence-electron chi connectivity index (χ1n) is 10.0. The molecule has 0 radical (unpaired) electrons. The van der Waals surface area contributed by atoms with Gasteiger partial charge in [0.1, 0.15) is 12.1 Å². The van der Waals surface area contributed by atoms with Gasteiger partial charge in [-0.25, -0.2) is 0 Å². The molecule has 1 amide bonds. The van der Waals surface area contributed by atoms with Crippen LogP contribution in [0.25, 0.3) is 22.8 Å². The van der Waals surface area contributed by atoms with Gasteiger partial charge in [-0.2, -0.15) is 4.98 Å². The number of carbonyl (C=O) groups is 1. The summed E-state index contributed by atoms with van der Waals surface area (Å²) in [6.45, 7) is 3.94. The van der Waals surface area contributed by atoms with E-state index in [0.717, 1.165) is 17.5 Å². The molecule has 31 heavy (non-hydrogen) atoms. The summed E-state index contributed by atoms with van der Waals surface area (Å²) in [5.41, 5.74) is 3.66. The van der Waals surface area contributed by atoms with E-state index in [4.69, 9.17) is 4.52 Å². The highest BCUT2D eigenvalue weighted by atomic mass is 16.5. The van der Waals surface area contributed by atoms with Crippen LogP contribution in [0.15, 0.2) is 76.2 Å². The van der Waals surface area contributed by atoms with Crippen LogP contribution in [0, 0.1) is 6.92 Å². The summed E-state index contributed by atoms with van der Waals surface area (Å²) in [5.74, 6) is 0.220. The molecule has 7 heteroatoms. The first-order valence-corrected chi connectivity index (χ1v) is 10.0. The lowest BCUT2D eigenvalue weighted by atomic mass is 10.1. The molecule has 0 fully saturated rings. The van der Waals surface area contributed by atoms with Crippen molar-refractivity contribution in [3.8, 4) is 22.8 Å². The quantitative estimate of drug-likeness (QED) is 0.514. The average Bonchev–Trinajstić information content (AvgIpc) is 3.26. The van der Waals surface area contributed by atoms with Crippen molar-refractivity contribution in [2.45, 2.75) is 26.8 Å². The average molecular weight is 414 g/mol. The molecule has 0 spiro atoms. The highest BCUT2D eigenvalue weighted by Crippen LogP contribution is 2.20. The van der Waals surface area contributed by atoms with Crippen molar-refractivity contribution in [2.75, 3.05) is 5.32 Å². The molecule has 0 bridgehead atoms. The second kappa shape index (κ2) is 8.79. The Balaban J connectivity index is 1.52. The zero-order valence-electron chi connectivity index (χ0n) is 17.3. The van der Waals surface area contributed by atoms with Crippen molar-refractivity contribution < 1.29 is 9.32 Å². The molecule has 0 atom stereocenters. The summed E-state index contributed by atoms with van der Waals surface area (Å²) >= 11 is 0. The lowest BCUT2D eigenvalue weighted by Gasteiger charge is -2.08. The fourth-order valence-corrected chi connectivity index (χ4v) is 3.16. The molecule has 0 saturated carbocycles. The van der Waals surface area contributed by atoms with Gasteiger partial charge in [0.05, 0.1) is 0 Å². The van der Waals surface area contributed by atoms with E-state index in [9.17, 15) is 9.59 Å². The Kier molecular flexibility index (Phi) is 5.75. The molecular weight excluding hydrogens is 392 g/mol. The second-order valence-electron chi connectivity index (χ2n) is 7.24. The fraction of sp³-hybridized carbons (Fsp3) is 0.167. The van der Waals surface area contributed by atoms with Crippen LogP contribution in [-0.4, -0.2) is 20.6 Å². The number of nitrogens with one attached hydrogen (secondary N) is 1. The van der Waals surface area contributed by atoms with Gasteiger partial charge in [0.15, 0.2) is 0 Å². The van der Waals surface area contributed by atoms with E-state index in [1.54, 1.807) is 18.3 Å². The van der Waals surface area contributed by atoms with Crippen LogP contribution in [0.5, 0.6) is 0 Å². The van der Waals surface area contributed by atoms with Crippen molar-refractivity contribution in [1.29, 1.82) is 0 Å². The zero-order valence-corrected chi connectivity index (χ0v) is 17.3. The molecule has 1 N–H and O–H groups in total. The lowest BCUT2D eigenvalue weighted by Crippen LogP contribution is -2.28. The number of aromatic nitrogens is 3. The normalized spacial score (nSPS) is 10.8. The Hall–Kier alpha value is -4.00. The van der Waals surface area contributed by atoms with Gasteiger partial charge in [0.25, 0.3) is 11.4 Å². The van der Waals surface area contributed by atoms with Gasteiger partial charge in [-0.3, -0.25) is 9.59 Å². The van der Waals surface area contributed by atoms with E-state index < -0.39 is 0 Å². The maximum Gasteiger partial charge on any atom is 0.263 e. The molecule has 0 saturated heterocycles. The largest absolute Gasteiger partial charge is 0.333 e. The summed E-state index contributed by atoms with van der Waals surface area (Å²) in [6.07, 6.45) is 2.49. The molecule has 156 valence electrons. The number of hydrogen-bond acceptors (Lipinski definition) is 5. The minimum absolute atomic E-state index is 0.116. The standard InChI is InChI=1S/C24H22N4O3/c1-3-17-8-12-19(13-9-17)25-21(29)15-28-14-4-5-20(24(28)30)23-26-22(27-31-23)18-10-6-16(2)7-11-18/h4-14H,3,15H2,1-2H3,(H,25,29). The van der Waals surface area contributed by atoms with Crippen LogP contribution >= 0.6 is 0 Å². The van der Waals surface area contributed by atoms with E-state index in [2.05, 4.69) is 22.4 Å². The second-order valence-corrected chi connectivity index (χ2v) is 7.24. The van der Waals surface area contributed by atoms with Gasteiger partial charge < -0.3 is 14.4 Å². The Morgan fingerprint density at radius 2 is 1.81 bits per heavy atom. The van der Waals surface area contributed by atoms with Crippen LogP contribution in [-0.2, 0) is 17.8 Å². The number of pyridine rings is 1. The number of hydrogen-bond donors (Lipinski definition) is 1. The van der Waals surface area contributed by atoms with E-state index in [1.165, 1.54) is 10.1 Å². The van der Waals surface area contributed by atoms with Crippen molar-refractivity contribution in [3.05, 3.63) is 88.3 Å². The molecule has 4 rings (SSSR count). The number of carbonyl (C=O) groups excluding carboxylic acids is 1. The SMILES string of the molecule is CCc1ccc(NC(=O)Cn2cccc(-c3nc(-c4ccc(C)cc4)no3)c2=O)cc1. The third kappa shape index (κ3) is 4.61. The molecule has 0 aliphatic heterocycles. The van der Waals surface area contributed by atoms with E-state index in [0.29, 0.717) is 11.5 Å². The summed E-state index contributed by atoms with van der Waals surface area (Å²) in [7, 11) is 0. The van der Waals surface area contributed by atoms with Crippen LogP contribution in [0.1, 0.15) is 18.1 Å². The third-order valence-electron chi connectivity index (χ3n) is 4.95. The Morgan fingerprint density at radius 1 is 1.06 bits per heavy atom. The summed E-state index contributed by atoms with van der Waals surface area (Å²) in [4.78, 5) is 29.7. The number of rotatable bonds is 6. The van der Waals surface area contributed by atoms with Gasteiger partial charge in [0.2, 0.25) is 11.7 Å². The Morgan fingerprint density at radius 3 is 2.52 bits per heavy atom. The van der Waals surface area contributed by atoms with Gasteiger partial charge in [-0.15, -0.1) is 0 Å². The monoisotopic (exact) mass is 414 g/mol. The van der Waals surface area contributed by atoms with Gasteiger partial charge in [-0.1, -0.05) is 54.0 Å². The summed E-state index contributed by atoms with van der Waals surface area (Å²) in [5, 5.41) is 6.79. The minimum Gasteiger partial charge on any atom is -0.333 e. The molecule has 0 aliphatic carbocycles. The number of nitrogens with zero attached hydrogens (tertiary/aromatic N) is 3. The molecule has 2 heterocycles. The molecule has 0 unspecified atom stereocenters. The number of amides is 1. The van der Waals surface area contributed by atoms with Gasteiger partial charge in [-0.05, 0) is 43.2 Å². The van der Waals surface area contributed by atoms with Crippen LogP contribution in [0.4, 0.5) is 5.69 Å². The van der Waals surface area contributed by atoms with E-state index in [1.807, 2.05) is 55.5 Å². The van der Waals surface area contributed by atoms with Crippen molar-refractivity contribution >= 4 is 11.6 Å². The Bertz CT molecular complexity index is 1260. The number of benzene rings is 2. The number of anilines is 1. The predicted molar refractivity (Wildman–Crippen MR) is 119 cm³/mol. The molecule has 4 aromatic rings. The van der Waals surface area contributed by atoms with Crippen molar-refractivity contribution in [2.24, 2.45) is 0 Å². The van der Waals surface area contributed by atoms with Crippen LogP contribution in [0.3, 0.4) is 0 Å². The zero-order chi connectivity index (χ0) is 21.8. The smallest absolute Gasteiger partial charge is 0.263 e. The molecule has 7 nitrogen and oxygen atoms in total. The predicted octanol–water partition coefficient (Wildman–Crippen LogP) is 4.07. The minimum atomic E-state index is -0.377. The van der Waals surface area contributed by atoms with E-state index >= 15 is 0 Å². The Labute approximate surface area is 179 Å². The van der Waals surface area contributed by atoms with Crippen molar-refractivity contribution in [1.82, 2.24) is 14.7 Å². The lowest BCUT2D eigenvalue weighted by molar-refractivity contribution is -0.116. The summed E-state index contributed by atoms with van der Waals surface area (Å²) in [6, 6.07) is 18.6. The first-order chi connectivity index (χ1) is 15.0. The summed E-state index contributed by atoms with van der Waals surface area (Å²) < 4.78 is 6.64. The molecule has 2 aromatic carbocycles. The highest BCUT2D eigenvalue weighted by molar-refractivity contribution is 5.90. The maximum atomic E-state index is 12.9. The number of aryl methyl sites for hydroxylation is 2. The van der Waals surface area contributed by atoms with Crippen LogP contribution in [0.2, 0.25) is 0 Å². The van der Waals surface area contributed by atoms with Gasteiger partial charge in [0, 0.05) is 17.4 Å². The van der Waals surface area contributed by atoms with Crippen molar-refractivity contribution in [3.63, 3.8) is 0 Å². The van der Waals surface area contributed by atoms with Gasteiger partial charge >= 0.3 is 0 Å². The molecule has 0 aliphatic rings. The first kappa shape index (κ1) is 20.3. The maximum absolute atomic E-state index is 12.9. The van der Waals surface area contributed by atoms with E-state index in [-0.39, 0.29) is 29.5 Å².